The molecule has 0 fully saturated rings. The normalized spacial score (nSPS) is 11.3. The van der Waals surface area contributed by atoms with Crippen LogP contribution in [0.15, 0.2) is 58.0 Å². The second-order valence-electron chi connectivity index (χ2n) is 5.93. The highest BCUT2D eigenvalue weighted by Gasteiger charge is 2.09. The Morgan fingerprint density at radius 3 is 2.68 bits per heavy atom. The minimum absolute atomic E-state index is 0.370. The van der Waals surface area contributed by atoms with Crippen LogP contribution in [0, 0.1) is 0 Å². The van der Waals surface area contributed by atoms with Crippen LogP contribution in [0.1, 0.15) is 11.5 Å². The molecule has 0 aliphatic heterocycles. The number of nitrogens with zero attached hydrogens (tertiary/aromatic N) is 3. The van der Waals surface area contributed by atoms with Crippen LogP contribution in [0.2, 0.25) is 5.02 Å². The quantitative estimate of drug-likeness (QED) is 0.468. The Kier molecular flexibility index (Phi) is 6.86. The third-order valence-corrected chi connectivity index (χ3v) is 4.33. The molecule has 2 N–H and O–H groups in total. The number of nitrogens with one attached hydrogen (secondary N) is 2. The SMILES string of the molecule is CN=C(NCCc1ccccc1OC)NCc1nc(-c2ccc(Cl)cc2)no1. The van der Waals surface area contributed by atoms with Crippen LogP contribution in [0.3, 0.4) is 0 Å². The zero-order valence-electron chi connectivity index (χ0n) is 15.8. The van der Waals surface area contributed by atoms with E-state index in [0.29, 0.717) is 35.8 Å². The predicted octanol–water partition coefficient (Wildman–Crippen LogP) is 3.31. The summed E-state index contributed by atoms with van der Waals surface area (Å²) in [6.07, 6.45) is 0.811. The van der Waals surface area contributed by atoms with Gasteiger partial charge in [0, 0.05) is 24.2 Å². The first-order chi connectivity index (χ1) is 13.7. The predicted molar refractivity (Wildman–Crippen MR) is 110 cm³/mol. The van der Waals surface area contributed by atoms with Crippen LogP contribution >= 0.6 is 11.6 Å². The number of aromatic nitrogens is 2. The minimum Gasteiger partial charge on any atom is -0.496 e. The Hall–Kier alpha value is -3.06. The molecule has 0 bridgehead atoms. The van der Waals surface area contributed by atoms with Crippen LogP contribution < -0.4 is 15.4 Å². The van der Waals surface area contributed by atoms with E-state index in [9.17, 15) is 0 Å². The van der Waals surface area contributed by atoms with Crippen molar-refractivity contribution in [1.29, 1.82) is 0 Å². The van der Waals surface area contributed by atoms with Crippen molar-refractivity contribution in [3.8, 4) is 17.1 Å². The lowest BCUT2D eigenvalue weighted by molar-refractivity contribution is 0.375. The maximum atomic E-state index is 5.90. The highest BCUT2D eigenvalue weighted by molar-refractivity contribution is 6.30. The van der Waals surface area contributed by atoms with Crippen molar-refractivity contribution in [1.82, 2.24) is 20.8 Å². The Morgan fingerprint density at radius 1 is 1.14 bits per heavy atom. The number of ether oxygens (including phenoxy) is 1. The van der Waals surface area contributed by atoms with Gasteiger partial charge in [-0.15, -0.1) is 0 Å². The number of hydrogen-bond donors (Lipinski definition) is 2. The fourth-order valence-electron chi connectivity index (χ4n) is 2.65. The van der Waals surface area contributed by atoms with Gasteiger partial charge >= 0.3 is 0 Å². The molecule has 3 aromatic rings. The lowest BCUT2D eigenvalue weighted by Gasteiger charge is -2.12. The number of para-hydroxylation sites is 1. The van der Waals surface area contributed by atoms with Gasteiger partial charge in [-0.1, -0.05) is 35.0 Å². The fraction of sp³-hybridized carbons (Fsp3) is 0.250. The summed E-state index contributed by atoms with van der Waals surface area (Å²) in [5, 5.41) is 11.1. The van der Waals surface area contributed by atoms with Crippen molar-refractivity contribution < 1.29 is 9.26 Å². The maximum Gasteiger partial charge on any atom is 0.246 e. The minimum atomic E-state index is 0.370. The molecule has 146 valence electrons. The molecule has 0 spiro atoms. The van der Waals surface area contributed by atoms with Gasteiger partial charge < -0.3 is 19.9 Å². The molecular weight excluding hydrogens is 378 g/mol. The van der Waals surface area contributed by atoms with Crippen LogP contribution in [-0.4, -0.2) is 36.8 Å². The van der Waals surface area contributed by atoms with Crippen LogP contribution in [0.25, 0.3) is 11.4 Å². The first kappa shape index (κ1) is 19.7. The summed E-state index contributed by atoms with van der Waals surface area (Å²) in [5.74, 6) is 2.53. The monoisotopic (exact) mass is 399 g/mol. The van der Waals surface area contributed by atoms with Crippen molar-refractivity contribution in [3.05, 3.63) is 65.0 Å². The molecule has 0 unspecified atom stereocenters. The molecule has 0 saturated heterocycles. The number of guanidine groups is 1. The number of benzene rings is 2. The van der Waals surface area contributed by atoms with Gasteiger partial charge in [0.2, 0.25) is 11.7 Å². The van der Waals surface area contributed by atoms with Crippen molar-refractivity contribution >= 4 is 17.6 Å². The molecule has 0 aliphatic carbocycles. The lowest BCUT2D eigenvalue weighted by atomic mass is 10.1. The summed E-state index contributed by atoms with van der Waals surface area (Å²) in [6.45, 7) is 1.08. The molecule has 8 heteroatoms. The van der Waals surface area contributed by atoms with Gasteiger partial charge in [0.1, 0.15) is 5.75 Å². The summed E-state index contributed by atoms with van der Waals surface area (Å²) in [4.78, 5) is 8.59. The molecule has 0 aliphatic rings. The van der Waals surface area contributed by atoms with Gasteiger partial charge in [-0.2, -0.15) is 4.98 Å². The van der Waals surface area contributed by atoms with Crippen molar-refractivity contribution in [2.24, 2.45) is 4.99 Å². The van der Waals surface area contributed by atoms with E-state index in [-0.39, 0.29) is 0 Å². The third kappa shape index (κ3) is 5.23. The number of methoxy groups -OCH3 is 1. The second-order valence-corrected chi connectivity index (χ2v) is 6.37. The van der Waals surface area contributed by atoms with Crippen LogP contribution in [0.5, 0.6) is 5.75 Å². The number of aliphatic imine (C=N–C) groups is 1. The van der Waals surface area contributed by atoms with E-state index < -0.39 is 0 Å². The molecule has 0 atom stereocenters. The van der Waals surface area contributed by atoms with Gasteiger partial charge in [-0.05, 0) is 42.3 Å². The average molecular weight is 400 g/mol. The Balaban J connectivity index is 1.50. The first-order valence-corrected chi connectivity index (χ1v) is 9.22. The number of hydrogen-bond acceptors (Lipinski definition) is 5. The average Bonchev–Trinajstić information content (AvgIpc) is 3.20. The number of halogens is 1. The Bertz CT molecular complexity index is 924. The van der Waals surface area contributed by atoms with E-state index in [0.717, 1.165) is 23.3 Å². The topological polar surface area (TPSA) is 84.6 Å². The van der Waals surface area contributed by atoms with Crippen molar-refractivity contribution in [2.75, 3.05) is 20.7 Å². The zero-order valence-corrected chi connectivity index (χ0v) is 16.5. The van der Waals surface area contributed by atoms with Crippen LogP contribution in [-0.2, 0) is 13.0 Å². The molecule has 2 aromatic carbocycles. The first-order valence-electron chi connectivity index (χ1n) is 8.84. The van der Waals surface area contributed by atoms with Crippen molar-refractivity contribution in [2.45, 2.75) is 13.0 Å². The summed E-state index contributed by atoms with van der Waals surface area (Å²) >= 11 is 5.90. The van der Waals surface area contributed by atoms with E-state index in [1.165, 1.54) is 0 Å². The van der Waals surface area contributed by atoms with Crippen LogP contribution in [0.4, 0.5) is 0 Å². The fourth-order valence-corrected chi connectivity index (χ4v) is 2.77. The van der Waals surface area contributed by atoms with E-state index in [2.05, 4.69) is 25.8 Å². The molecule has 7 nitrogen and oxygen atoms in total. The molecule has 0 saturated carbocycles. The summed E-state index contributed by atoms with van der Waals surface area (Å²) in [6, 6.07) is 15.2. The second kappa shape index (κ2) is 9.75. The largest absolute Gasteiger partial charge is 0.496 e. The summed E-state index contributed by atoms with van der Waals surface area (Å²) < 4.78 is 10.7. The Morgan fingerprint density at radius 2 is 1.93 bits per heavy atom. The highest BCUT2D eigenvalue weighted by atomic mass is 35.5. The summed E-state index contributed by atoms with van der Waals surface area (Å²) in [7, 11) is 3.39. The lowest BCUT2D eigenvalue weighted by Crippen LogP contribution is -2.37. The smallest absolute Gasteiger partial charge is 0.246 e. The number of rotatable bonds is 7. The molecule has 28 heavy (non-hydrogen) atoms. The van der Waals surface area contributed by atoms with Gasteiger partial charge in [-0.3, -0.25) is 4.99 Å². The van der Waals surface area contributed by atoms with Gasteiger partial charge in [-0.25, -0.2) is 0 Å². The molecule has 1 heterocycles. The van der Waals surface area contributed by atoms with Gasteiger partial charge in [0.25, 0.3) is 0 Å². The highest BCUT2D eigenvalue weighted by Crippen LogP contribution is 2.19. The van der Waals surface area contributed by atoms with Crippen molar-refractivity contribution in [3.63, 3.8) is 0 Å². The maximum absolute atomic E-state index is 5.90. The molecule has 0 amide bonds. The third-order valence-electron chi connectivity index (χ3n) is 4.08. The molecule has 3 rings (SSSR count). The Labute approximate surface area is 168 Å². The van der Waals surface area contributed by atoms with E-state index in [4.69, 9.17) is 20.9 Å². The van der Waals surface area contributed by atoms with Gasteiger partial charge in [0.05, 0.1) is 13.7 Å². The van der Waals surface area contributed by atoms with Gasteiger partial charge in [0.15, 0.2) is 5.96 Å². The standard InChI is InChI=1S/C20H22ClN5O2/c1-22-20(23-12-11-14-5-3-4-6-17(14)27-2)24-13-18-25-19(26-28-18)15-7-9-16(21)10-8-15/h3-10H,11-13H2,1-2H3,(H2,22,23,24). The molecular formula is C20H22ClN5O2. The van der Waals surface area contributed by atoms with E-state index in [1.54, 1.807) is 26.3 Å². The van der Waals surface area contributed by atoms with E-state index in [1.807, 2.05) is 36.4 Å². The molecule has 0 radical (unpaired) electrons. The van der Waals surface area contributed by atoms with E-state index >= 15 is 0 Å². The zero-order chi connectivity index (χ0) is 19.8. The molecule has 1 aromatic heterocycles. The summed E-state index contributed by atoms with van der Waals surface area (Å²) in [5.41, 5.74) is 1.98.